The minimum absolute atomic E-state index is 0.0586. The van der Waals surface area contributed by atoms with E-state index in [-0.39, 0.29) is 17.8 Å². The summed E-state index contributed by atoms with van der Waals surface area (Å²) in [5.41, 5.74) is 1.72. The summed E-state index contributed by atoms with van der Waals surface area (Å²) in [4.78, 5) is 6.59. The van der Waals surface area contributed by atoms with Gasteiger partial charge in [-0.2, -0.15) is 0 Å². The molecule has 0 spiro atoms. The third kappa shape index (κ3) is 6.11. The maximum absolute atomic E-state index is 13.2. The first-order valence-electron chi connectivity index (χ1n) is 11.9. The Bertz CT molecular complexity index is 1280. The normalized spacial score (nSPS) is 16.4. The quantitative estimate of drug-likeness (QED) is 0.387. The Morgan fingerprint density at radius 1 is 1.17 bits per heavy atom. The highest BCUT2D eigenvalue weighted by atomic mass is 35.5. The fourth-order valence-corrected chi connectivity index (χ4v) is 5.22. The minimum Gasteiger partial charge on any atom is -0.497 e. The van der Waals surface area contributed by atoms with Crippen LogP contribution in [0.3, 0.4) is 0 Å². The van der Waals surface area contributed by atoms with E-state index in [1.807, 2.05) is 18.2 Å². The van der Waals surface area contributed by atoms with Crippen molar-refractivity contribution in [3.8, 4) is 17.6 Å². The van der Waals surface area contributed by atoms with Gasteiger partial charge in [0.1, 0.15) is 11.6 Å². The molecular formula is C28H29Cl2FN2O3. The monoisotopic (exact) mass is 530 g/mol. The Kier molecular flexibility index (Phi) is 8.71. The van der Waals surface area contributed by atoms with Gasteiger partial charge in [-0.05, 0) is 80.6 Å². The van der Waals surface area contributed by atoms with Gasteiger partial charge in [0.05, 0.1) is 35.3 Å². The molecule has 5 nitrogen and oxygen atoms in total. The molecule has 2 heterocycles. The zero-order chi connectivity index (χ0) is 25.7. The molecule has 2 aromatic carbocycles. The molecule has 2 N–H and O–H groups in total. The van der Waals surface area contributed by atoms with E-state index in [2.05, 4.69) is 21.7 Å². The second kappa shape index (κ2) is 11.8. The highest BCUT2D eigenvalue weighted by molar-refractivity contribution is 6.32. The number of rotatable bonds is 7. The van der Waals surface area contributed by atoms with Gasteiger partial charge >= 0.3 is 0 Å². The first-order valence-corrected chi connectivity index (χ1v) is 12.7. The van der Waals surface area contributed by atoms with Crippen LogP contribution in [-0.4, -0.2) is 53.4 Å². The smallest absolute Gasteiger partial charge is 0.124 e. The lowest BCUT2D eigenvalue weighted by atomic mass is 9.74. The summed E-state index contributed by atoms with van der Waals surface area (Å²) in [5.74, 6) is 6.41. The predicted octanol–water partition coefficient (Wildman–Crippen LogP) is 5.63. The van der Waals surface area contributed by atoms with Gasteiger partial charge in [0.15, 0.2) is 0 Å². The Morgan fingerprint density at radius 2 is 1.94 bits per heavy atom. The lowest BCUT2D eigenvalue weighted by Gasteiger charge is -2.40. The first-order chi connectivity index (χ1) is 17.3. The average molecular weight is 531 g/mol. The molecule has 0 radical (unpaired) electrons. The molecule has 4 rings (SSSR count). The number of halogens is 3. The maximum atomic E-state index is 13.2. The van der Waals surface area contributed by atoms with Crippen LogP contribution >= 0.6 is 23.2 Å². The molecule has 1 aliphatic rings. The van der Waals surface area contributed by atoms with Crippen LogP contribution in [-0.2, 0) is 0 Å². The fraction of sp³-hybridized carbons (Fsp3) is 0.393. The summed E-state index contributed by atoms with van der Waals surface area (Å²) in [5, 5.41) is 22.9. The van der Waals surface area contributed by atoms with Crippen LogP contribution in [0.4, 0.5) is 4.39 Å². The molecule has 1 fully saturated rings. The molecule has 0 aliphatic carbocycles. The fourth-order valence-electron chi connectivity index (χ4n) is 4.73. The number of aliphatic hydroxyl groups is 2. The van der Waals surface area contributed by atoms with E-state index in [4.69, 9.17) is 27.9 Å². The van der Waals surface area contributed by atoms with Gasteiger partial charge in [0.25, 0.3) is 0 Å². The molecule has 1 atom stereocenters. The average Bonchev–Trinajstić information content (AvgIpc) is 2.89. The number of piperidine rings is 1. The maximum Gasteiger partial charge on any atom is 0.124 e. The number of pyridine rings is 1. The minimum atomic E-state index is -0.789. The second-order valence-corrected chi connectivity index (χ2v) is 10.1. The molecule has 0 amide bonds. The van der Waals surface area contributed by atoms with Crippen molar-refractivity contribution in [2.45, 2.75) is 31.8 Å². The second-order valence-electron chi connectivity index (χ2n) is 9.32. The van der Waals surface area contributed by atoms with Gasteiger partial charge in [-0.1, -0.05) is 35.0 Å². The van der Waals surface area contributed by atoms with E-state index in [1.54, 1.807) is 19.4 Å². The van der Waals surface area contributed by atoms with Gasteiger partial charge in [-0.25, -0.2) is 4.39 Å². The first kappa shape index (κ1) is 26.7. The number of ether oxygens (including phenoxy) is 1. The van der Waals surface area contributed by atoms with Crippen molar-refractivity contribution in [2.24, 2.45) is 5.41 Å². The van der Waals surface area contributed by atoms with Gasteiger partial charge in [0.2, 0.25) is 0 Å². The molecule has 190 valence electrons. The third-order valence-electron chi connectivity index (χ3n) is 7.06. The molecular weight excluding hydrogens is 502 g/mol. The summed E-state index contributed by atoms with van der Waals surface area (Å²) < 4.78 is 18.5. The van der Waals surface area contributed by atoms with Crippen LogP contribution in [0.15, 0.2) is 42.6 Å². The number of fused-ring (bicyclic) bond motifs is 1. The van der Waals surface area contributed by atoms with Crippen LogP contribution in [0.25, 0.3) is 10.9 Å². The van der Waals surface area contributed by atoms with Crippen LogP contribution in [0.2, 0.25) is 10.0 Å². The number of hydrogen-bond donors (Lipinski definition) is 2. The number of nitrogens with zero attached hydrogens (tertiary/aromatic N) is 2. The molecule has 8 heteroatoms. The highest BCUT2D eigenvalue weighted by Gasteiger charge is 2.34. The van der Waals surface area contributed by atoms with Crippen LogP contribution in [0, 0.1) is 23.1 Å². The molecule has 1 saturated heterocycles. The Morgan fingerprint density at radius 3 is 2.64 bits per heavy atom. The van der Waals surface area contributed by atoms with Crippen molar-refractivity contribution in [2.75, 3.05) is 33.4 Å². The molecule has 36 heavy (non-hydrogen) atoms. The third-order valence-corrected chi connectivity index (χ3v) is 7.67. The zero-order valence-corrected chi connectivity index (χ0v) is 21.6. The van der Waals surface area contributed by atoms with Crippen molar-refractivity contribution in [3.63, 3.8) is 0 Å². The lowest BCUT2D eigenvalue weighted by molar-refractivity contribution is 0.0273. The number of methoxy groups -OCH3 is 1. The number of likely N-dealkylation sites (tertiary alicyclic amines) is 1. The van der Waals surface area contributed by atoms with Crippen LogP contribution in [0.5, 0.6) is 5.75 Å². The summed E-state index contributed by atoms with van der Waals surface area (Å²) in [6, 6.07) is 9.70. The van der Waals surface area contributed by atoms with Gasteiger partial charge < -0.3 is 14.9 Å². The Labute approximate surface area is 220 Å². The van der Waals surface area contributed by atoms with E-state index >= 15 is 0 Å². The summed E-state index contributed by atoms with van der Waals surface area (Å²) in [6.07, 6.45) is 3.51. The molecule has 1 aliphatic heterocycles. The molecule has 3 aromatic rings. The number of benzene rings is 2. The van der Waals surface area contributed by atoms with E-state index in [0.29, 0.717) is 46.3 Å². The van der Waals surface area contributed by atoms with Crippen molar-refractivity contribution in [1.82, 2.24) is 9.88 Å². The van der Waals surface area contributed by atoms with Crippen LogP contribution < -0.4 is 4.74 Å². The summed E-state index contributed by atoms with van der Waals surface area (Å²) in [7, 11) is 1.59. The standard InChI is InChI=1S/C28H29Cl2FN2O3/c1-36-21-6-7-25-22(16-21)27(24(30)17-32-25)26(35)8-9-28(18-34)10-13-33(14-11-28)12-2-3-19-4-5-20(31)15-23(19)29/h4-7,15-17,26,34-35H,8-14,18H2,1H3/t26-/m1/s1. The van der Waals surface area contributed by atoms with E-state index in [1.165, 1.54) is 12.1 Å². The van der Waals surface area contributed by atoms with E-state index < -0.39 is 6.10 Å². The molecule has 1 aromatic heterocycles. The summed E-state index contributed by atoms with van der Waals surface area (Å²) in [6.45, 7) is 2.21. The number of aliphatic hydroxyl groups excluding tert-OH is 2. The SMILES string of the molecule is COc1ccc2ncc(Cl)c([C@H](O)CCC3(CO)CCN(CC#Cc4ccc(F)cc4Cl)CC3)c2c1. The Hall–Kier alpha value is -2.40. The molecule has 0 bridgehead atoms. The summed E-state index contributed by atoms with van der Waals surface area (Å²) >= 11 is 12.5. The van der Waals surface area contributed by atoms with Crippen molar-refractivity contribution in [1.29, 1.82) is 0 Å². The lowest BCUT2D eigenvalue weighted by Crippen LogP contribution is -2.42. The predicted molar refractivity (Wildman–Crippen MR) is 141 cm³/mol. The van der Waals surface area contributed by atoms with Gasteiger partial charge in [-0.3, -0.25) is 9.88 Å². The van der Waals surface area contributed by atoms with Gasteiger partial charge in [0, 0.05) is 29.3 Å². The van der Waals surface area contributed by atoms with Gasteiger partial charge in [-0.15, -0.1) is 0 Å². The highest BCUT2D eigenvalue weighted by Crippen LogP contribution is 2.40. The van der Waals surface area contributed by atoms with Crippen molar-refractivity contribution in [3.05, 3.63) is 69.6 Å². The van der Waals surface area contributed by atoms with E-state index in [9.17, 15) is 14.6 Å². The largest absolute Gasteiger partial charge is 0.497 e. The van der Waals surface area contributed by atoms with Crippen LogP contribution in [0.1, 0.15) is 42.9 Å². The van der Waals surface area contributed by atoms with Crippen molar-refractivity contribution >= 4 is 34.1 Å². The Balaban J connectivity index is 1.38. The topological polar surface area (TPSA) is 65.8 Å². The van der Waals surface area contributed by atoms with Crippen molar-refractivity contribution < 1.29 is 19.3 Å². The zero-order valence-electron chi connectivity index (χ0n) is 20.1. The number of hydrogen-bond acceptors (Lipinski definition) is 5. The molecule has 0 saturated carbocycles. The van der Waals surface area contributed by atoms with E-state index in [0.717, 1.165) is 36.8 Å². The molecule has 0 unspecified atom stereocenters. The number of aromatic nitrogens is 1.